The van der Waals surface area contributed by atoms with Gasteiger partial charge >= 0.3 is 0 Å². The van der Waals surface area contributed by atoms with Crippen molar-refractivity contribution in [3.8, 4) is 17.1 Å². The number of aromatic nitrogens is 1. The largest absolute Gasteiger partial charge is 0.487 e. The van der Waals surface area contributed by atoms with E-state index in [-0.39, 0.29) is 0 Å². The van der Waals surface area contributed by atoms with Crippen LogP contribution in [0.5, 0.6) is 5.75 Å². The van der Waals surface area contributed by atoms with Crippen LogP contribution in [0, 0.1) is 0 Å². The summed E-state index contributed by atoms with van der Waals surface area (Å²) < 4.78 is 10.9. The molecule has 21 heavy (non-hydrogen) atoms. The van der Waals surface area contributed by atoms with Gasteiger partial charge in [0, 0.05) is 17.2 Å². The van der Waals surface area contributed by atoms with E-state index in [1.165, 1.54) is 0 Å². The summed E-state index contributed by atoms with van der Waals surface area (Å²) in [5.41, 5.74) is 2.31. The summed E-state index contributed by atoms with van der Waals surface area (Å²) in [5, 5.41) is 3.99. The molecule has 0 bridgehead atoms. The van der Waals surface area contributed by atoms with Gasteiger partial charge in [0.1, 0.15) is 24.3 Å². The quantitative estimate of drug-likeness (QED) is 0.668. The number of benzene rings is 2. The third-order valence-corrected chi connectivity index (χ3v) is 3.02. The molecule has 4 heteroatoms. The van der Waals surface area contributed by atoms with Crippen LogP contribution in [0.3, 0.4) is 0 Å². The fourth-order valence-corrected chi connectivity index (χ4v) is 1.92. The molecule has 0 saturated carbocycles. The van der Waals surface area contributed by atoms with E-state index in [1.54, 1.807) is 24.3 Å². The van der Waals surface area contributed by atoms with Gasteiger partial charge in [-0.3, -0.25) is 4.79 Å². The Hall–Kier alpha value is -2.88. The average Bonchev–Trinajstić information content (AvgIpc) is 3.03. The first-order valence-electron chi connectivity index (χ1n) is 6.54. The van der Waals surface area contributed by atoms with Crippen LogP contribution in [-0.4, -0.2) is 11.4 Å². The molecule has 1 heterocycles. The number of aldehydes is 1. The van der Waals surface area contributed by atoms with Crippen molar-refractivity contribution in [2.45, 2.75) is 6.61 Å². The molecule has 0 amide bonds. The van der Waals surface area contributed by atoms with Crippen molar-refractivity contribution in [3.63, 3.8) is 0 Å². The van der Waals surface area contributed by atoms with Crippen LogP contribution >= 0.6 is 0 Å². The minimum Gasteiger partial charge on any atom is -0.487 e. The predicted molar refractivity (Wildman–Crippen MR) is 78.1 cm³/mol. The summed E-state index contributed by atoms with van der Waals surface area (Å²) in [6.07, 6.45) is 0.799. The average molecular weight is 279 g/mol. The summed E-state index contributed by atoms with van der Waals surface area (Å²) in [6.45, 7) is 0.316. The topological polar surface area (TPSA) is 52.3 Å². The second-order valence-electron chi connectivity index (χ2n) is 4.52. The smallest absolute Gasteiger partial charge is 0.167 e. The van der Waals surface area contributed by atoms with Crippen LogP contribution in [-0.2, 0) is 6.61 Å². The molecule has 2 aromatic carbocycles. The first kappa shape index (κ1) is 13.1. The summed E-state index contributed by atoms with van der Waals surface area (Å²) in [7, 11) is 0. The molecule has 0 aliphatic rings. The highest BCUT2D eigenvalue weighted by Gasteiger charge is 2.06. The lowest BCUT2D eigenvalue weighted by atomic mass is 10.2. The van der Waals surface area contributed by atoms with Crippen LogP contribution in [0.15, 0.2) is 65.2 Å². The zero-order valence-electron chi connectivity index (χ0n) is 11.2. The van der Waals surface area contributed by atoms with Crippen molar-refractivity contribution in [1.29, 1.82) is 0 Å². The lowest BCUT2D eigenvalue weighted by Crippen LogP contribution is -1.95. The van der Waals surface area contributed by atoms with Gasteiger partial charge in [-0.2, -0.15) is 0 Å². The fourth-order valence-electron chi connectivity index (χ4n) is 1.92. The van der Waals surface area contributed by atoms with E-state index >= 15 is 0 Å². The Bertz CT molecular complexity index is 717. The first-order chi connectivity index (χ1) is 10.3. The van der Waals surface area contributed by atoms with Crippen molar-refractivity contribution in [3.05, 3.63) is 71.9 Å². The maximum absolute atomic E-state index is 10.6. The molecule has 0 aliphatic heterocycles. The van der Waals surface area contributed by atoms with E-state index in [0.29, 0.717) is 29.4 Å². The van der Waals surface area contributed by atoms with E-state index in [4.69, 9.17) is 9.26 Å². The van der Waals surface area contributed by atoms with Crippen molar-refractivity contribution in [1.82, 2.24) is 5.16 Å². The van der Waals surface area contributed by atoms with Gasteiger partial charge in [0.05, 0.1) is 0 Å². The van der Waals surface area contributed by atoms with Gasteiger partial charge in [-0.15, -0.1) is 0 Å². The molecule has 0 fully saturated rings. The molecule has 0 atom stereocenters. The minimum atomic E-state index is 0.316. The lowest BCUT2D eigenvalue weighted by molar-refractivity contribution is 0.112. The van der Waals surface area contributed by atoms with Gasteiger partial charge in [-0.05, 0) is 24.3 Å². The molecule has 3 aromatic rings. The van der Waals surface area contributed by atoms with Crippen LogP contribution < -0.4 is 4.74 Å². The Morgan fingerprint density at radius 3 is 2.52 bits per heavy atom. The number of hydrogen-bond acceptors (Lipinski definition) is 4. The maximum atomic E-state index is 10.6. The summed E-state index contributed by atoms with van der Waals surface area (Å²) in [6, 6.07) is 18.5. The predicted octanol–water partition coefficient (Wildman–Crippen LogP) is 3.73. The highest BCUT2D eigenvalue weighted by atomic mass is 16.5. The second-order valence-corrected chi connectivity index (χ2v) is 4.52. The molecule has 3 rings (SSSR count). The van der Waals surface area contributed by atoms with Crippen molar-refractivity contribution in [2.24, 2.45) is 0 Å². The highest BCUT2D eigenvalue weighted by molar-refractivity contribution is 5.74. The first-order valence-corrected chi connectivity index (χ1v) is 6.54. The van der Waals surface area contributed by atoms with Crippen molar-refractivity contribution < 1.29 is 14.1 Å². The second kappa shape index (κ2) is 6.05. The maximum Gasteiger partial charge on any atom is 0.167 e. The Morgan fingerprint density at radius 1 is 1.05 bits per heavy atom. The molecular formula is C17H13NO3. The number of ether oxygens (including phenoxy) is 1. The van der Waals surface area contributed by atoms with Crippen LogP contribution in [0.1, 0.15) is 16.1 Å². The third kappa shape index (κ3) is 3.17. The van der Waals surface area contributed by atoms with Gasteiger partial charge < -0.3 is 9.26 Å². The molecule has 4 nitrogen and oxygen atoms in total. The van der Waals surface area contributed by atoms with Gasteiger partial charge in [0.25, 0.3) is 0 Å². The molecule has 0 aliphatic carbocycles. The van der Waals surface area contributed by atoms with Gasteiger partial charge in [-0.1, -0.05) is 35.5 Å². The number of carbonyl (C=O) groups is 1. The minimum absolute atomic E-state index is 0.316. The number of carbonyl (C=O) groups excluding carboxylic acids is 1. The molecule has 1 aromatic heterocycles. The van der Waals surface area contributed by atoms with Gasteiger partial charge in [0.15, 0.2) is 5.76 Å². The molecule has 0 spiro atoms. The summed E-state index contributed by atoms with van der Waals surface area (Å²) in [4.78, 5) is 10.6. The molecule has 0 N–H and O–H groups in total. The zero-order chi connectivity index (χ0) is 14.5. The Kier molecular flexibility index (Phi) is 3.78. The summed E-state index contributed by atoms with van der Waals surface area (Å²) >= 11 is 0. The molecule has 104 valence electrons. The number of nitrogens with zero attached hydrogens (tertiary/aromatic N) is 1. The van der Waals surface area contributed by atoms with E-state index in [9.17, 15) is 4.79 Å². The fraction of sp³-hybridized carbons (Fsp3) is 0.0588. The lowest BCUT2D eigenvalue weighted by Gasteiger charge is -2.03. The van der Waals surface area contributed by atoms with Crippen LogP contribution in [0.2, 0.25) is 0 Å². The monoisotopic (exact) mass is 279 g/mol. The Labute approximate surface area is 122 Å². The van der Waals surface area contributed by atoms with Gasteiger partial charge in [0.2, 0.25) is 0 Å². The van der Waals surface area contributed by atoms with E-state index in [0.717, 1.165) is 11.8 Å². The zero-order valence-corrected chi connectivity index (χ0v) is 11.2. The molecule has 0 unspecified atom stereocenters. The Morgan fingerprint density at radius 2 is 1.81 bits per heavy atom. The van der Waals surface area contributed by atoms with Crippen molar-refractivity contribution in [2.75, 3.05) is 0 Å². The van der Waals surface area contributed by atoms with Crippen LogP contribution in [0.4, 0.5) is 0 Å². The van der Waals surface area contributed by atoms with E-state index in [2.05, 4.69) is 5.16 Å². The van der Waals surface area contributed by atoms with Crippen LogP contribution in [0.25, 0.3) is 11.3 Å². The van der Waals surface area contributed by atoms with Crippen molar-refractivity contribution >= 4 is 6.29 Å². The third-order valence-electron chi connectivity index (χ3n) is 3.02. The molecule has 0 saturated heterocycles. The normalized spacial score (nSPS) is 10.3. The Balaban J connectivity index is 1.66. The molecule has 0 radical (unpaired) electrons. The standard InChI is InChI=1S/C17H13NO3/c19-11-13-6-8-16(9-7-13)20-12-15-10-17(21-18-15)14-4-2-1-3-5-14/h1-11H,12H2. The number of rotatable bonds is 5. The number of hydrogen-bond donors (Lipinski definition) is 0. The SMILES string of the molecule is O=Cc1ccc(OCc2cc(-c3ccccc3)on2)cc1. The molecular weight excluding hydrogens is 266 g/mol. The summed E-state index contributed by atoms with van der Waals surface area (Å²) in [5.74, 6) is 1.40. The van der Waals surface area contributed by atoms with Gasteiger partial charge in [-0.25, -0.2) is 0 Å². The van der Waals surface area contributed by atoms with E-state index in [1.807, 2.05) is 36.4 Å². The van der Waals surface area contributed by atoms with E-state index < -0.39 is 0 Å². The highest BCUT2D eigenvalue weighted by Crippen LogP contribution is 2.20.